The summed E-state index contributed by atoms with van der Waals surface area (Å²) in [4.78, 5) is 4.37. The molecule has 5 nitrogen and oxygen atoms in total. The molecule has 26 heavy (non-hydrogen) atoms. The van der Waals surface area contributed by atoms with Gasteiger partial charge in [-0.3, -0.25) is 4.57 Å². The molecule has 1 N–H and O–H groups in total. The smallest absolute Gasteiger partial charge is 0.172 e. The zero-order valence-corrected chi connectivity index (χ0v) is 15.8. The topological polar surface area (TPSA) is 56.5 Å². The lowest BCUT2D eigenvalue weighted by Gasteiger charge is -2.13. The number of methoxy groups -OCH3 is 1. The minimum Gasteiger partial charge on any atom is -0.497 e. The van der Waals surface area contributed by atoms with E-state index in [2.05, 4.69) is 4.98 Å². The second-order valence-corrected chi connectivity index (χ2v) is 6.93. The highest BCUT2D eigenvalue weighted by Crippen LogP contribution is 2.24. The van der Waals surface area contributed by atoms with Crippen LogP contribution >= 0.6 is 23.4 Å². The number of thioether (sulfide) groups is 1. The molecule has 0 aliphatic heterocycles. The Labute approximate surface area is 161 Å². The Hall–Kier alpha value is -2.15. The second kappa shape index (κ2) is 8.98. The van der Waals surface area contributed by atoms with E-state index in [1.54, 1.807) is 37.6 Å². The lowest BCUT2D eigenvalue weighted by Crippen LogP contribution is -2.20. The maximum Gasteiger partial charge on any atom is 0.172 e. The Balaban J connectivity index is 1.56. The molecule has 0 spiro atoms. The second-order valence-electron chi connectivity index (χ2n) is 5.51. The normalized spacial score (nSPS) is 12.0. The first kappa shape index (κ1) is 18.6. The van der Waals surface area contributed by atoms with Crippen LogP contribution in [0.2, 0.25) is 5.02 Å². The number of aliphatic hydroxyl groups excluding tert-OH is 1. The van der Waals surface area contributed by atoms with E-state index >= 15 is 0 Å². The zero-order chi connectivity index (χ0) is 18.4. The molecule has 0 amide bonds. The van der Waals surface area contributed by atoms with Crippen LogP contribution in [0.1, 0.15) is 0 Å². The van der Waals surface area contributed by atoms with E-state index in [0.29, 0.717) is 16.5 Å². The number of hydrogen-bond donors (Lipinski definition) is 1. The van der Waals surface area contributed by atoms with Gasteiger partial charge in [-0.2, -0.15) is 0 Å². The van der Waals surface area contributed by atoms with Crippen molar-refractivity contribution in [3.8, 4) is 17.2 Å². The summed E-state index contributed by atoms with van der Waals surface area (Å²) in [6, 6.07) is 14.8. The SMILES string of the molecule is COc1cccc(-n2ccnc2SCC(O)COc2ccc(Cl)cc2)c1. The monoisotopic (exact) mass is 390 g/mol. The summed E-state index contributed by atoms with van der Waals surface area (Å²) in [6.07, 6.45) is 3.00. The van der Waals surface area contributed by atoms with Crippen LogP contribution in [0.3, 0.4) is 0 Å². The highest BCUT2D eigenvalue weighted by Gasteiger charge is 2.11. The van der Waals surface area contributed by atoms with Crippen molar-refractivity contribution in [3.63, 3.8) is 0 Å². The summed E-state index contributed by atoms with van der Waals surface area (Å²) in [6.45, 7) is 0.203. The van der Waals surface area contributed by atoms with E-state index in [0.717, 1.165) is 16.6 Å². The molecule has 0 fully saturated rings. The molecule has 1 heterocycles. The lowest BCUT2D eigenvalue weighted by molar-refractivity contribution is 0.126. The molecule has 0 saturated carbocycles. The molecule has 1 atom stereocenters. The average molecular weight is 391 g/mol. The molecule has 3 aromatic rings. The van der Waals surface area contributed by atoms with Crippen molar-refractivity contribution in [1.82, 2.24) is 9.55 Å². The van der Waals surface area contributed by atoms with Crippen molar-refractivity contribution in [2.45, 2.75) is 11.3 Å². The van der Waals surface area contributed by atoms with E-state index in [1.165, 1.54) is 11.8 Å². The largest absolute Gasteiger partial charge is 0.497 e. The molecule has 7 heteroatoms. The molecule has 3 rings (SSSR count). The van der Waals surface area contributed by atoms with Gasteiger partial charge in [0.05, 0.1) is 18.9 Å². The van der Waals surface area contributed by atoms with Gasteiger partial charge in [0.15, 0.2) is 5.16 Å². The van der Waals surface area contributed by atoms with Gasteiger partial charge in [-0.1, -0.05) is 29.4 Å². The summed E-state index contributed by atoms with van der Waals surface area (Å²) >= 11 is 7.31. The van der Waals surface area contributed by atoms with Crippen LogP contribution in [0, 0.1) is 0 Å². The summed E-state index contributed by atoms with van der Waals surface area (Å²) in [7, 11) is 1.64. The summed E-state index contributed by atoms with van der Waals surface area (Å²) in [5, 5.41) is 11.6. The molecule has 1 aromatic heterocycles. The van der Waals surface area contributed by atoms with E-state index in [9.17, 15) is 5.11 Å². The van der Waals surface area contributed by atoms with Crippen LogP contribution in [0.15, 0.2) is 66.1 Å². The van der Waals surface area contributed by atoms with Crippen LogP contribution in [0.25, 0.3) is 5.69 Å². The highest BCUT2D eigenvalue weighted by molar-refractivity contribution is 7.99. The number of aromatic nitrogens is 2. The average Bonchev–Trinajstić information content (AvgIpc) is 3.14. The molecule has 0 aliphatic carbocycles. The maximum absolute atomic E-state index is 10.2. The van der Waals surface area contributed by atoms with E-state index in [1.807, 2.05) is 35.0 Å². The van der Waals surface area contributed by atoms with Crippen molar-refractivity contribution in [3.05, 3.63) is 65.9 Å². The number of ether oxygens (including phenoxy) is 2. The minimum absolute atomic E-state index is 0.203. The third kappa shape index (κ3) is 4.94. The van der Waals surface area contributed by atoms with Crippen LogP contribution in [-0.2, 0) is 0 Å². The predicted molar refractivity (Wildman–Crippen MR) is 104 cm³/mol. The van der Waals surface area contributed by atoms with Gasteiger partial charge in [-0.05, 0) is 36.4 Å². The van der Waals surface area contributed by atoms with Crippen LogP contribution in [-0.4, -0.2) is 40.2 Å². The van der Waals surface area contributed by atoms with Crippen LogP contribution in [0.4, 0.5) is 0 Å². The number of imidazole rings is 1. The van der Waals surface area contributed by atoms with Gasteiger partial charge in [-0.25, -0.2) is 4.98 Å². The van der Waals surface area contributed by atoms with Gasteiger partial charge in [0.1, 0.15) is 18.1 Å². The van der Waals surface area contributed by atoms with Crippen molar-refractivity contribution in [2.24, 2.45) is 0 Å². The first-order chi connectivity index (χ1) is 12.7. The molecule has 0 radical (unpaired) electrons. The Morgan fingerprint density at radius 3 is 2.77 bits per heavy atom. The van der Waals surface area contributed by atoms with Gasteiger partial charge in [0.25, 0.3) is 0 Å². The third-order valence-corrected chi connectivity index (χ3v) is 4.96. The molecule has 136 valence electrons. The summed E-state index contributed by atoms with van der Waals surface area (Å²) in [5.74, 6) is 1.93. The fourth-order valence-electron chi connectivity index (χ4n) is 2.30. The van der Waals surface area contributed by atoms with Gasteiger partial charge < -0.3 is 14.6 Å². The predicted octanol–water partition coefficient (Wildman–Crippen LogP) is 4.07. The first-order valence-corrected chi connectivity index (χ1v) is 9.39. The van der Waals surface area contributed by atoms with Crippen molar-refractivity contribution in [2.75, 3.05) is 19.5 Å². The molecular formula is C19H19ClN2O3S. The van der Waals surface area contributed by atoms with Crippen molar-refractivity contribution < 1.29 is 14.6 Å². The van der Waals surface area contributed by atoms with Gasteiger partial charge in [0.2, 0.25) is 0 Å². The number of aliphatic hydroxyl groups is 1. The number of halogens is 1. The Morgan fingerprint density at radius 1 is 1.19 bits per heavy atom. The van der Waals surface area contributed by atoms with E-state index < -0.39 is 6.10 Å². The highest BCUT2D eigenvalue weighted by atomic mass is 35.5. The van der Waals surface area contributed by atoms with Gasteiger partial charge in [0, 0.05) is 29.2 Å². The molecule has 0 saturated heterocycles. The van der Waals surface area contributed by atoms with Gasteiger partial charge in [-0.15, -0.1) is 0 Å². The Morgan fingerprint density at radius 2 is 2.00 bits per heavy atom. The van der Waals surface area contributed by atoms with Crippen molar-refractivity contribution >= 4 is 23.4 Å². The molecule has 1 unspecified atom stereocenters. The maximum atomic E-state index is 10.2. The molecule has 0 aliphatic rings. The summed E-state index contributed by atoms with van der Waals surface area (Å²) in [5.41, 5.74) is 0.955. The van der Waals surface area contributed by atoms with Gasteiger partial charge >= 0.3 is 0 Å². The number of rotatable bonds is 8. The van der Waals surface area contributed by atoms with Crippen molar-refractivity contribution in [1.29, 1.82) is 0 Å². The van der Waals surface area contributed by atoms with Crippen LogP contribution < -0.4 is 9.47 Å². The lowest BCUT2D eigenvalue weighted by atomic mass is 10.3. The number of hydrogen-bond acceptors (Lipinski definition) is 5. The Kier molecular flexibility index (Phi) is 6.44. The Bertz CT molecular complexity index is 839. The third-order valence-electron chi connectivity index (χ3n) is 3.60. The molecular weight excluding hydrogens is 372 g/mol. The zero-order valence-electron chi connectivity index (χ0n) is 14.2. The fourth-order valence-corrected chi connectivity index (χ4v) is 3.30. The fraction of sp³-hybridized carbons (Fsp3) is 0.211. The van der Waals surface area contributed by atoms with E-state index in [-0.39, 0.29) is 6.61 Å². The number of nitrogens with zero attached hydrogens (tertiary/aromatic N) is 2. The minimum atomic E-state index is -0.619. The quantitative estimate of drug-likeness (QED) is 0.587. The molecule has 0 bridgehead atoms. The molecule has 2 aromatic carbocycles. The van der Waals surface area contributed by atoms with E-state index in [4.69, 9.17) is 21.1 Å². The summed E-state index contributed by atoms with van der Waals surface area (Å²) < 4.78 is 12.8. The first-order valence-electron chi connectivity index (χ1n) is 8.02. The standard InChI is InChI=1S/C19H19ClN2O3S/c1-24-18-4-2-3-15(11-18)22-10-9-21-19(22)26-13-16(23)12-25-17-7-5-14(20)6-8-17/h2-11,16,23H,12-13H2,1H3. The number of benzene rings is 2. The van der Waals surface area contributed by atoms with Crippen LogP contribution in [0.5, 0.6) is 11.5 Å².